The lowest BCUT2D eigenvalue weighted by molar-refractivity contribution is 0.104. The lowest BCUT2D eigenvalue weighted by atomic mass is 10.1. The normalized spacial score (nSPS) is 14.5. The fourth-order valence-corrected chi connectivity index (χ4v) is 2.90. The van der Waals surface area contributed by atoms with Crippen molar-refractivity contribution < 1.29 is 14.3 Å². The second-order valence-corrected chi connectivity index (χ2v) is 6.01. The Morgan fingerprint density at radius 3 is 2.19 bits per heavy atom. The molecule has 1 fully saturated rings. The molecule has 1 aromatic carbocycles. The van der Waals surface area contributed by atoms with E-state index in [0.717, 1.165) is 26.2 Å². The Morgan fingerprint density at radius 2 is 1.62 bits per heavy atom. The first-order chi connectivity index (χ1) is 12.7. The van der Waals surface area contributed by atoms with Crippen molar-refractivity contribution in [1.29, 1.82) is 0 Å². The zero-order valence-electron chi connectivity index (χ0n) is 15.1. The van der Waals surface area contributed by atoms with Gasteiger partial charge in [-0.1, -0.05) is 0 Å². The van der Waals surface area contributed by atoms with E-state index in [4.69, 9.17) is 9.47 Å². The summed E-state index contributed by atoms with van der Waals surface area (Å²) in [6.45, 7) is 3.56. The van der Waals surface area contributed by atoms with Gasteiger partial charge in [-0.25, -0.2) is 0 Å². The van der Waals surface area contributed by atoms with E-state index in [1.807, 2.05) is 30.7 Å². The molecule has 0 aliphatic carbocycles. The van der Waals surface area contributed by atoms with Crippen LogP contribution in [0.15, 0.2) is 55.0 Å². The van der Waals surface area contributed by atoms with Crippen LogP contribution < -0.4 is 14.4 Å². The summed E-state index contributed by atoms with van der Waals surface area (Å²) in [6, 6.07) is 9.22. The largest absolute Gasteiger partial charge is 0.497 e. The predicted molar refractivity (Wildman–Crippen MR) is 101 cm³/mol. The smallest absolute Gasteiger partial charge is 0.187 e. The summed E-state index contributed by atoms with van der Waals surface area (Å²) in [4.78, 5) is 21.0. The van der Waals surface area contributed by atoms with E-state index >= 15 is 0 Å². The molecule has 0 radical (unpaired) electrons. The summed E-state index contributed by atoms with van der Waals surface area (Å²) in [6.07, 6.45) is 7.10. The number of hydrogen-bond acceptors (Lipinski definition) is 6. The van der Waals surface area contributed by atoms with E-state index < -0.39 is 0 Å². The molecule has 1 aliphatic heterocycles. The number of rotatable bonds is 6. The average molecular weight is 353 g/mol. The van der Waals surface area contributed by atoms with E-state index in [1.54, 1.807) is 38.5 Å². The fraction of sp³-hybridized carbons (Fsp3) is 0.300. The van der Waals surface area contributed by atoms with Crippen molar-refractivity contribution in [3.8, 4) is 11.5 Å². The molecule has 6 nitrogen and oxygen atoms in total. The number of piperazine rings is 1. The Morgan fingerprint density at radius 1 is 1.00 bits per heavy atom. The number of nitrogens with zero attached hydrogens (tertiary/aromatic N) is 3. The first kappa shape index (κ1) is 17.8. The first-order valence-corrected chi connectivity index (χ1v) is 8.54. The minimum Gasteiger partial charge on any atom is -0.497 e. The molecule has 0 spiro atoms. The summed E-state index contributed by atoms with van der Waals surface area (Å²) in [5.74, 6) is 1.14. The lowest BCUT2D eigenvalue weighted by Gasteiger charge is -2.35. The van der Waals surface area contributed by atoms with Crippen LogP contribution in [0, 0.1) is 0 Å². The molecule has 0 amide bonds. The Bertz CT molecular complexity index is 747. The van der Waals surface area contributed by atoms with E-state index in [0.29, 0.717) is 17.1 Å². The Kier molecular flexibility index (Phi) is 5.73. The number of methoxy groups -OCH3 is 2. The van der Waals surface area contributed by atoms with Crippen LogP contribution in [0.25, 0.3) is 0 Å². The number of benzene rings is 1. The monoisotopic (exact) mass is 353 g/mol. The third-order valence-electron chi connectivity index (χ3n) is 4.41. The van der Waals surface area contributed by atoms with Crippen molar-refractivity contribution in [2.24, 2.45) is 0 Å². The van der Waals surface area contributed by atoms with Gasteiger partial charge in [0.15, 0.2) is 5.78 Å². The van der Waals surface area contributed by atoms with Crippen molar-refractivity contribution in [2.75, 3.05) is 45.3 Å². The van der Waals surface area contributed by atoms with Gasteiger partial charge in [-0.3, -0.25) is 9.78 Å². The third-order valence-corrected chi connectivity index (χ3v) is 4.41. The van der Waals surface area contributed by atoms with Gasteiger partial charge >= 0.3 is 0 Å². The number of allylic oxidation sites excluding steroid dienone is 1. The van der Waals surface area contributed by atoms with E-state index in [-0.39, 0.29) is 5.78 Å². The van der Waals surface area contributed by atoms with Gasteiger partial charge in [-0.05, 0) is 24.3 Å². The highest BCUT2D eigenvalue weighted by molar-refractivity contribution is 6.05. The lowest BCUT2D eigenvalue weighted by Crippen LogP contribution is -2.44. The SMILES string of the molecule is COc1cc(OC)cc(C(=O)C=CN2CCN(c3ccncc3)CC2)c1. The number of ketones is 1. The number of ether oxygens (including phenoxy) is 2. The van der Waals surface area contributed by atoms with Crippen LogP contribution >= 0.6 is 0 Å². The highest BCUT2D eigenvalue weighted by atomic mass is 16.5. The second kappa shape index (κ2) is 8.38. The van der Waals surface area contributed by atoms with Gasteiger partial charge in [0.1, 0.15) is 11.5 Å². The Hall–Kier alpha value is -3.02. The molecule has 2 aromatic rings. The van der Waals surface area contributed by atoms with Crippen LogP contribution in [0.3, 0.4) is 0 Å². The van der Waals surface area contributed by atoms with Gasteiger partial charge in [-0.2, -0.15) is 0 Å². The van der Waals surface area contributed by atoms with E-state index in [1.165, 1.54) is 5.69 Å². The van der Waals surface area contributed by atoms with Gasteiger partial charge in [0.25, 0.3) is 0 Å². The average Bonchev–Trinajstić information content (AvgIpc) is 2.72. The number of pyridine rings is 1. The maximum Gasteiger partial charge on any atom is 0.187 e. The zero-order valence-corrected chi connectivity index (χ0v) is 15.1. The molecule has 6 heteroatoms. The van der Waals surface area contributed by atoms with Gasteiger partial charge < -0.3 is 19.3 Å². The van der Waals surface area contributed by atoms with Gasteiger partial charge in [-0.15, -0.1) is 0 Å². The van der Waals surface area contributed by atoms with Crippen LogP contribution in [0.4, 0.5) is 5.69 Å². The minimum absolute atomic E-state index is 0.0706. The number of aromatic nitrogens is 1. The third kappa shape index (κ3) is 4.33. The number of hydrogen-bond donors (Lipinski definition) is 0. The van der Waals surface area contributed by atoms with Gasteiger partial charge in [0, 0.05) is 68.2 Å². The van der Waals surface area contributed by atoms with Crippen molar-refractivity contribution in [1.82, 2.24) is 9.88 Å². The molecule has 2 heterocycles. The summed E-state index contributed by atoms with van der Waals surface area (Å²) in [7, 11) is 3.14. The molecule has 26 heavy (non-hydrogen) atoms. The number of carbonyl (C=O) groups excluding carboxylic acids is 1. The molecule has 1 aromatic heterocycles. The van der Waals surface area contributed by atoms with Crippen molar-refractivity contribution >= 4 is 11.5 Å². The Balaban J connectivity index is 1.60. The van der Waals surface area contributed by atoms with Crippen molar-refractivity contribution in [3.05, 3.63) is 60.6 Å². The first-order valence-electron chi connectivity index (χ1n) is 8.54. The second-order valence-electron chi connectivity index (χ2n) is 6.01. The summed E-state index contributed by atoms with van der Waals surface area (Å²) >= 11 is 0. The Labute approximate surface area is 153 Å². The van der Waals surface area contributed by atoms with E-state index in [2.05, 4.69) is 14.8 Å². The highest BCUT2D eigenvalue weighted by Crippen LogP contribution is 2.23. The van der Waals surface area contributed by atoms with Crippen LogP contribution in [-0.4, -0.2) is 56.1 Å². The summed E-state index contributed by atoms with van der Waals surface area (Å²) in [5, 5.41) is 0. The summed E-state index contributed by atoms with van der Waals surface area (Å²) in [5.41, 5.74) is 1.73. The van der Waals surface area contributed by atoms with Crippen molar-refractivity contribution in [3.63, 3.8) is 0 Å². The molecule has 1 saturated heterocycles. The molecule has 0 atom stereocenters. The standard InChI is InChI=1S/C20H23N3O3/c1-25-18-13-16(14-19(15-18)26-2)20(24)5-8-22-9-11-23(12-10-22)17-3-6-21-7-4-17/h3-8,13-15H,9-12H2,1-2H3. The molecule has 0 unspecified atom stereocenters. The minimum atomic E-state index is -0.0706. The molecule has 0 bridgehead atoms. The van der Waals surface area contributed by atoms with Crippen molar-refractivity contribution in [2.45, 2.75) is 0 Å². The van der Waals surface area contributed by atoms with Crippen LogP contribution in [0.2, 0.25) is 0 Å². The number of anilines is 1. The zero-order chi connectivity index (χ0) is 18.4. The molecule has 0 saturated carbocycles. The topological polar surface area (TPSA) is 54.9 Å². The van der Waals surface area contributed by atoms with E-state index in [9.17, 15) is 4.79 Å². The van der Waals surface area contributed by atoms with Crippen LogP contribution in [0.1, 0.15) is 10.4 Å². The predicted octanol–water partition coefficient (Wildman–Crippen LogP) is 2.62. The maximum atomic E-state index is 12.5. The number of carbonyl (C=O) groups is 1. The van der Waals surface area contributed by atoms with Crippen LogP contribution in [0.5, 0.6) is 11.5 Å². The highest BCUT2D eigenvalue weighted by Gasteiger charge is 2.15. The molecular formula is C20H23N3O3. The molecular weight excluding hydrogens is 330 g/mol. The molecule has 136 valence electrons. The summed E-state index contributed by atoms with van der Waals surface area (Å²) < 4.78 is 10.4. The quantitative estimate of drug-likeness (QED) is 0.588. The molecule has 3 rings (SSSR count). The van der Waals surface area contributed by atoms with Gasteiger partial charge in [0.05, 0.1) is 14.2 Å². The fourth-order valence-electron chi connectivity index (χ4n) is 2.90. The van der Waals surface area contributed by atoms with Gasteiger partial charge in [0.2, 0.25) is 0 Å². The molecule has 0 N–H and O–H groups in total. The maximum absolute atomic E-state index is 12.5. The molecule has 1 aliphatic rings. The van der Waals surface area contributed by atoms with Crippen LogP contribution in [-0.2, 0) is 0 Å².